The van der Waals surface area contributed by atoms with E-state index in [0.717, 1.165) is 11.1 Å². The van der Waals surface area contributed by atoms with Crippen LogP contribution in [-0.4, -0.2) is 64.8 Å². The number of fused-ring (bicyclic) bond motifs is 3. The zero-order valence-corrected chi connectivity index (χ0v) is 20.2. The van der Waals surface area contributed by atoms with Gasteiger partial charge in [-0.25, -0.2) is 0 Å². The van der Waals surface area contributed by atoms with Crippen molar-refractivity contribution in [3.63, 3.8) is 0 Å². The zero-order valence-electron chi connectivity index (χ0n) is 20.2. The highest BCUT2D eigenvalue weighted by Crippen LogP contribution is 2.50. The van der Waals surface area contributed by atoms with E-state index < -0.39 is 42.3 Å². The lowest BCUT2D eigenvalue weighted by Gasteiger charge is -2.27. The van der Waals surface area contributed by atoms with Crippen molar-refractivity contribution in [2.75, 3.05) is 35.0 Å². The van der Waals surface area contributed by atoms with Gasteiger partial charge in [0.05, 0.1) is 41.0 Å². The number of ketones is 1. The number of alkyl halides is 3. The topological polar surface area (TPSA) is 112 Å². The molecule has 12 heteroatoms. The number of nitrogens with one attached hydrogen (secondary N) is 2. The third-order valence-electron chi connectivity index (χ3n) is 6.11. The molecule has 0 aliphatic heterocycles. The van der Waals surface area contributed by atoms with Crippen LogP contribution in [0.3, 0.4) is 0 Å². The van der Waals surface area contributed by atoms with Crippen molar-refractivity contribution in [1.29, 1.82) is 0 Å². The van der Waals surface area contributed by atoms with E-state index in [1.807, 2.05) is 0 Å². The van der Waals surface area contributed by atoms with Crippen molar-refractivity contribution in [3.8, 4) is 17.2 Å². The van der Waals surface area contributed by atoms with E-state index in [4.69, 9.17) is 18.9 Å². The van der Waals surface area contributed by atoms with Gasteiger partial charge in [0.25, 0.3) is 0 Å². The van der Waals surface area contributed by atoms with E-state index in [1.165, 1.54) is 34.5 Å². The van der Waals surface area contributed by atoms with Gasteiger partial charge in [-0.1, -0.05) is 0 Å². The number of benzene rings is 1. The monoisotopic (exact) mass is 512 g/mol. The number of halogens is 3. The van der Waals surface area contributed by atoms with Crippen LogP contribution in [0, 0.1) is 0 Å². The molecule has 1 aromatic rings. The molecule has 0 spiro atoms. The molecule has 3 rings (SSSR count). The molecule has 1 aromatic carbocycles. The van der Waals surface area contributed by atoms with Crippen LogP contribution in [0.2, 0.25) is 0 Å². The lowest BCUT2D eigenvalue weighted by Crippen LogP contribution is -2.46. The molecule has 2 amide bonds. The van der Waals surface area contributed by atoms with E-state index in [2.05, 4.69) is 5.32 Å². The molecule has 2 aliphatic rings. The van der Waals surface area contributed by atoms with Crippen LogP contribution >= 0.6 is 0 Å². The molecule has 36 heavy (non-hydrogen) atoms. The summed E-state index contributed by atoms with van der Waals surface area (Å²) in [6.07, 6.45) is -1.03. The molecule has 2 unspecified atom stereocenters. The Morgan fingerprint density at radius 2 is 1.75 bits per heavy atom. The summed E-state index contributed by atoms with van der Waals surface area (Å²) in [5.41, 5.74) is 2.11. The molecule has 0 bridgehead atoms. The van der Waals surface area contributed by atoms with Gasteiger partial charge in [0, 0.05) is 11.5 Å². The summed E-state index contributed by atoms with van der Waals surface area (Å²) >= 11 is 0. The molecule has 0 saturated heterocycles. The van der Waals surface area contributed by atoms with E-state index in [9.17, 15) is 27.6 Å². The molecule has 2 atom stereocenters. The third-order valence-corrected chi connectivity index (χ3v) is 6.11. The molecule has 2 aliphatic carbocycles. The largest absolute Gasteiger partial charge is 0.493 e. The Hall–Kier alpha value is -3.70. The van der Waals surface area contributed by atoms with Gasteiger partial charge in [0.15, 0.2) is 17.3 Å². The number of rotatable bonds is 7. The maximum Gasteiger partial charge on any atom is 0.471 e. The van der Waals surface area contributed by atoms with E-state index in [-0.39, 0.29) is 5.76 Å². The average Bonchev–Trinajstić information content (AvgIpc) is 3.09. The number of aryl methyl sites for hydroxylation is 1. The first-order chi connectivity index (χ1) is 17.0. The fourth-order valence-corrected chi connectivity index (χ4v) is 4.54. The van der Waals surface area contributed by atoms with Crippen LogP contribution in [0.1, 0.15) is 29.9 Å². The summed E-state index contributed by atoms with van der Waals surface area (Å²) in [7, 11) is 5.81. The van der Waals surface area contributed by atoms with Crippen molar-refractivity contribution in [1.82, 2.24) is 10.6 Å². The van der Waals surface area contributed by atoms with Crippen LogP contribution in [0.15, 0.2) is 29.6 Å². The Labute approximate surface area is 205 Å². The minimum absolute atomic E-state index is 0.124. The number of hydrogen-bond donors (Lipinski definition) is 2. The summed E-state index contributed by atoms with van der Waals surface area (Å²) in [4.78, 5) is 36.4. The molecule has 0 fully saturated rings. The Bertz CT molecular complexity index is 1110. The van der Waals surface area contributed by atoms with Gasteiger partial charge in [0.2, 0.25) is 17.4 Å². The molecule has 196 valence electrons. The summed E-state index contributed by atoms with van der Waals surface area (Å²) in [5.74, 6) is -2.58. The normalized spacial score (nSPS) is 19.4. The summed E-state index contributed by atoms with van der Waals surface area (Å²) in [6, 6.07) is 1.09. The Morgan fingerprint density at radius 3 is 2.33 bits per heavy atom. The van der Waals surface area contributed by atoms with Gasteiger partial charge in [-0.15, -0.1) is 0 Å². The van der Waals surface area contributed by atoms with Gasteiger partial charge in [-0.05, 0) is 48.6 Å². The van der Waals surface area contributed by atoms with Crippen molar-refractivity contribution >= 4 is 17.6 Å². The second kappa shape index (κ2) is 10.9. The lowest BCUT2D eigenvalue weighted by atomic mass is 9.84. The quantitative estimate of drug-likeness (QED) is 0.577. The second-order valence-electron chi connectivity index (χ2n) is 8.13. The highest BCUT2D eigenvalue weighted by atomic mass is 19.4. The fraction of sp³-hybridized carbons (Fsp3) is 0.458. The van der Waals surface area contributed by atoms with Crippen molar-refractivity contribution in [2.24, 2.45) is 0 Å². The first-order valence-corrected chi connectivity index (χ1v) is 11.0. The van der Waals surface area contributed by atoms with Crippen LogP contribution in [-0.2, 0) is 25.5 Å². The summed E-state index contributed by atoms with van der Waals surface area (Å²) in [6.45, 7) is -0.875. The maximum absolute atomic E-state index is 12.8. The molecule has 2 N–H and O–H groups in total. The zero-order chi connectivity index (χ0) is 26.6. The van der Waals surface area contributed by atoms with Crippen LogP contribution in [0.5, 0.6) is 17.2 Å². The average molecular weight is 512 g/mol. The van der Waals surface area contributed by atoms with Crippen molar-refractivity contribution in [3.05, 3.63) is 40.7 Å². The van der Waals surface area contributed by atoms with E-state index in [0.29, 0.717) is 42.1 Å². The van der Waals surface area contributed by atoms with Crippen LogP contribution in [0.25, 0.3) is 0 Å². The van der Waals surface area contributed by atoms with E-state index >= 15 is 0 Å². The molecule has 0 heterocycles. The number of hydrogen-bond acceptors (Lipinski definition) is 7. The number of carbonyl (C=O) groups excluding carboxylic acids is 3. The first-order valence-electron chi connectivity index (χ1n) is 11.0. The van der Waals surface area contributed by atoms with Crippen LogP contribution in [0.4, 0.5) is 13.2 Å². The standard InChI is InChI=1S/C24H27F3N2O7/c1-33-17-8-6-13-14(10-16(17)30)15(29-19(31)11-28-23(32)24(25,26)27)7-5-12-9-18(34-2)21(35-3)22(36-4)20(12)13/h8-10,13,15H,5-7,11H2,1-4H3,(H,28,32)(H,29,31). The number of ether oxygens (including phenoxy) is 4. The predicted molar refractivity (Wildman–Crippen MR) is 121 cm³/mol. The lowest BCUT2D eigenvalue weighted by molar-refractivity contribution is -0.173. The number of amides is 2. The van der Waals surface area contributed by atoms with Crippen LogP contribution < -0.4 is 24.8 Å². The van der Waals surface area contributed by atoms with Gasteiger partial charge >= 0.3 is 12.1 Å². The van der Waals surface area contributed by atoms with Gasteiger partial charge in [0.1, 0.15) is 0 Å². The van der Waals surface area contributed by atoms with E-state index in [1.54, 1.807) is 17.5 Å². The Morgan fingerprint density at radius 1 is 1.06 bits per heavy atom. The highest BCUT2D eigenvalue weighted by molar-refractivity contribution is 6.03. The third kappa shape index (κ3) is 5.42. The minimum atomic E-state index is -5.11. The highest BCUT2D eigenvalue weighted by Gasteiger charge is 2.39. The molecular weight excluding hydrogens is 485 g/mol. The Kier molecular flexibility index (Phi) is 8.16. The number of allylic oxidation sites excluding steroid dienone is 2. The Balaban J connectivity index is 2.04. The molecule has 0 aromatic heterocycles. The molecule has 0 radical (unpaired) electrons. The van der Waals surface area contributed by atoms with Gasteiger partial charge < -0.3 is 29.6 Å². The summed E-state index contributed by atoms with van der Waals surface area (Å²) < 4.78 is 59.4. The van der Waals surface area contributed by atoms with Crippen molar-refractivity contribution in [2.45, 2.75) is 37.4 Å². The summed E-state index contributed by atoms with van der Waals surface area (Å²) in [5, 5.41) is 4.22. The predicted octanol–water partition coefficient (Wildman–Crippen LogP) is 2.33. The smallest absolute Gasteiger partial charge is 0.471 e. The van der Waals surface area contributed by atoms with Crippen molar-refractivity contribution < 1.29 is 46.5 Å². The molecular formula is C24H27F3N2O7. The van der Waals surface area contributed by atoms with Gasteiger partial charge in [-0.3, -0.25) is 14.4 Å². The van der Waals surface area contributed by atoms with Gasteiger partial charge in [-0.2, -0.15) is 13.2 Å². The minimum Gasteiger partial charge on any atom is -0.493 e. The number of carbonyl (C=O) groups is 3. The number of methoxy groups -OCH3 is 4. The second-order valence-corrected chi connectivity index (χ2v) is 8.13. The SMILES string of the molecule is COC1=CCC2C(=CC1=O)C(NC(=O)CNC(=O)C(F)(F)F)CCc1cc(OC)c(OC)c(OC)c12. The first kappa shape index (κ1) is 26.9. The fourth-order valence-electron chi connectivity index (χ4n) is 4.54. The molecule has 9 nitrogen and oxygen atoms in total. The molecule has 0 saturated carbocycles. The maximum atomic E-state index is 12.8.